The Morgan fingerprint density at radius 3 is 2.61 bits per heavy atom. The van der Waals surface area contributed by atoms with Gasteiger partial charge < -0.3 is 10.1 Å². The van der Waals surface area contributed by atoms with Gasteiger partial charge in [0.2, 0.25) is 0 Å². The zero-order valence-electron chi connectivity index (χ0n) is 10.7. The van der Waals surface area contributed by atoms with Gasteiger partial charge in [-0.1, -0.05) is 30.8 Å². The molecule has 0 unspecified atom stereocenters. The molecule has 0 saturated heterocycles. The molecule has 0 saturated carbocycles. The Bertz CT molecular complexity index is 466. The lowest BCUT2D eigenvalue weighted by Gasteiger charge is -2.09. The second kappa shape index (κ2) is 6.59. The number of carbonyl (C=O) groups is 2. The largest absolute Gasteiger partial charge is 0.450 e. The number of amides is 1. The minimum absolute atomic E-state index is 0.115. The van der Waals surface area contributed by atoms with Crippen molar-refractivity contribution in [2.24, 2.45) is 0 Å². The second-order valence-electron chi connectivity index (χ2n) is 3.84. The summed E-state index contributed by atoms with van der Waals surface area (Å²) in [5.74, 6) is -0.115. The van der Waals surface area contributed by atoms with Crippen molar-refractivity contribution in [1.82, 2.24) is 5.32 Å². The van der Waals surface area contributed by atoms with Crippen LogP contribution in [-0.4, -0.2) is 18.5 Å². The molecule has 0 aliphatic carbocycles. The van der Waals surface area contributed by atoms with Gasteiger partial charge in [-0.15, -0.1) is 0 Å². The van der Waals surface area contributed by atoms with Crippen molar-refractivity contribution < 1.29 is 14.3 Å². The number of hydrogen-bond donors (Lipinski definition) is 1. The standard InChI is InChI=1S/C14H17NO3/c1-4-18-14(17)15-9-11-7-5-6-8-12(11)13(16)10(2)3/h5-8H,2,4,9H2,1,3H3,(H,15,17). The van der Waals surface area contributed by atoms with E-state index in [-0.39, 0.29) is 12.3 Å². The maximum atomic E-state index is 11.9. The van der Waals surface area contributed by atoms with Gasteiger partial charge in [-0.2, -0.15) is 0 Å². The Morgan fingerprint density at radius 2 is 2.00 bits per heavy atom. The van der Waals surface area contributed by atoms with Crippen molar-refractivity contribution >= 4 is 11.9 Å². The highest BCUT2D eigenvalue weighted by Gasteiger charge is 2.12. The molecule has 0 atom stereocenters. The quantitative estimate of drug-likeness (QED) is 0.643. The summed E-state index contributed by atoms with van der Waals surface area (Å²) >= 11 is 0. The molecule has 0 aliphatic heterocycles. The number of hydrogen-bond acceptors (Lipinski definition) is 3. The molecule has 0 fully saturated rings. The molecule has 0 aromatic heterocycles. The SMILES string of the molecule is C=C(C)C(=O)c1ccccc1CNC(=O)OCC. The molecular formula is C14H17NO3. The van der Waals surface area contributed by atoms with Gasteiger partial charge in [-0.25, -0.2) is 4.79 Å². The molecule has 1 aromatic rings. The van der Waals surface area contributed by atoms with E-state index >= 15 is 0 Å². The number of Topliss-reactive ketones (excluding diaryl/α,β-unsaturated/α-hetero) is 1. The summed E-state index contributed by atoms with van der Waals surface area (Å²) in [6.07, 6.45) is -0.491. The van der Waals surface area contributed by atoms with Crippen LogP contribution in [0.5, 0.6) is 0 Å². The van der Waals surface area contributed by atoms with Gasteiger partial charge >= 0.3 is 6.09 Å². The predicted octanol–water partition coefficient (Wildman–Crippen LogP) is 2.69. The van der Waals surface area contributed by atoms with Crippen LogP contribution in [0.15, 0.2) is 36.4 Å². The molecule has 0 radical (unpaired) electrons. The summed E-state index contributed by atoms with van der Waals surface area (Å²) in [5, 5.41) is 2.59. The molecule has 1 N–H and O–H groups in total. The Hall–Kier alpha value is -2.10. The molecule has 0 bridgehead atoms. The number of benzene rings is 1. The fraction of sp³-hybridized carbons (Fsp3) is 0.286. The fourth-order valence-corrected chi connectivity index (χ4v) is 1.48. The first kappa shape index (κ1) is 14.0. The molecule has 1 aromatic carbocycles. The summed E-state index contributed by atoms with van der Waals surface area (Å²) in [5.41, 5.74) is 1.78. The Morgan fingerprint density at radius 1 is 1.33 bits per heavy atom. The van der Waals surface area contributed by atoms with E-state index in [1.165, 1.54) is 0 Å². The number of ketones is 1. The maximum absolute atomic E-state index is 11.9. The number of rotatable bonds is 5. The minimum Gasteiger partial charge on any atom is -0.450 e. The van der Waals surface area contributed by atoms with E-state index in [1.54, 1.807) is 32.0 Å². The van der Waals surface area contributed by atoms with E-state index in [0.717, 1.165) is 5.56 Å². The minimum atomic E-state index is -0.491. The van der Waals surface area contributed by atoms with Crippen LogP contribution in [0.25, 0.3) is 0 Å². The van der Waals surface area contributed by atoms with Gasteiger partial charge in [0.05, 0.1) is 6.61 Å². The van der Waals surface area contributed by atoms with Crippen LogP contribution in [-0.2, 0) is 11.3 Å². The van der Waals surface area contributed by atoms with Crippen molar-refractivity contribution in [3.05, 3.63) is 47.5 Å². The van der Waals surface area contributed by atoms with Gasteiger partial charge in [0.1, 0.15) is 0 Å². The molecule has 4 heteroatoms. The lowest BCUT2D eigenvalue weighted by Crippen LogP contribution is -2.24. The first-order valence-electron chi connectivity index (χ1n) is 5.75. The van der Waals surface area contributed by atoms with Gasteiger partial charge in [-0.05, 0) is 25.0 Å². The lowest BCUT2D eigenvalue weighted by molar-refractivity contribution is 0.103. The molecule has 96 valence electrons. The molecular weight excluding hydrogens is 230 g/mol. The summed E-state index contributed by atoms with van der Waals surface area (Å²) in [6.45, 7) is 7.61. The zero-order chi connectivity index (χ0) is 13.5. The van der Waals surface area contributed by atoms with Crippen molar-refractivity contribution in [3.63, 3.8) is 0 Å². The summed E-state index contributed by atoms with van der Waals surface area (Å²) in [6, 6.07) is 7.11. The van der Waals surface area contributed by atoms with Gasteiger partial charge in [-0.3, -0.25) is 4.79 Å². The van der Waals surface area contributed by atoms with Crippen molar-refractivity contribution in [2.75, 3.05) is 6.61 Å². The zero-order valence-corrected chi connectivity index (χ0v) is 10.7. The number of nitrogens with one attached hydrogen (secondary N) is 1. The number of ether oxygens (including phenoxy) is 1. The van der Waals surface area contributed by atoms with Crippen molar-refractivity contribution in [3.8, 4) is 0 Å². The fourth-order valence-electron chi connectivity index (χ4n) is 1.48. The average Bonchev–Trinajstić information content (AvgIpc) is 2.36. The topological polar surface area (TPSA) is 55.4 Å². The Kier molecular flexibility index (Phi) is 5.11. The highest BCUT2D eigenvalue weighted by Crippen LogP contribution is 2.13. The Balaban J connectivity index is 2.80. The molecule has 18 heavy (non-hydrogen) atoms. The normalized spacial score (nSPS) is 9.67. The first-order chi connectivity index (χ1) is 8.56. The van der Waals surface area contributed by atoms with E-state index < -0.39 is 6.09 Å². The van der Waals surface area contributed by atoms with E-state index in [0.29, 0.717) is 17.7 Å². The van der Waals surface area contributed by atoms with Crippen LogP contribution in [0.1, 0.15) is 29.8 Å². The van der Waals surface area contributed by atoms with Gasteiger partial charge in [0, 0.05) is 12.1 Å². The molecule has 0 heterocycles. The smallest absolute Gasteiger partial charge is 0.407 e. The third-order valence-corrected chi connectivity index (χ3v) is 2.35. The Labute approximate surface area is 107 Å². The van der Waals surface area contributed by atoms with Crippen LogP contribution in [0.3, 0.4) is 0 Å². The molecule has 0 spiro atoms. The highest BCUT2D eigenvalue weighted by atomic mass is 16.5. The second-order valence-corrected chi connectivity index (χ2v) is 3.84. The van der Waals surface area contributed by atoms with Crippen LogP contribution in [0.2, 0.25) is 0 Å². The van der Waals surface area contributed by atoms with Gasteiger partial charge in [0.15, 0.2) is 5.78 Å². The molecule has 1 amide bonds. The van der Waals surface area contributed by atoms with E-state index in [9.17, 15) is 9.59 Å². The summed E-state index contributed by atoms with van der Waals surface area (Å²) in [4.78, 5) is 23.1. The molecule has 4 nitrogen and oxygen atoms in total. The van der Waals surface area contributed by atoms with E-state index in [4.69, 9.17) is 4.74 Å². The van der Waals surface area contributed by atoms with Gasteiger partial charge in [0.25, 0.3) is 0 Å². The van der Waals surface area contributed by atoms with Crippen LogP contribution in [0.4, 0.5) is 4.79 Å². The van der Waals surface area contributed by atoms with Crippen molar-refractivity contribution in [2.45, 2.75) is 20.4 Å². The van der Waals surface area contributed by atoms with Crippen LogP contribution < -0.4 is 5.32 Å². The van der Waals surface area contributed by atoms with Crippen LogP contribution >= 0.6 is 0 Å². The third-order valence-electron chi connectivity index (χ3n) is 2.35. The summed E-state index contributed by atoms with van der Waals surface area (Å²) in [7, 11) is 0. The maximum Gasteiger partial charge on any atom is 0.407 e. The van der Waals surface area contributed by atoms with Crippen LogP contribution in [0, 0.1) is 0 Å². The predicted molar refractivity (Wildman–Crippen MR) is 69.4 cm³/mol. The van der Waals surface area contributed by atoms with Crippen molar-refractivity contribution in [1.29, 1.82) is 0 Å². The molecule has 0 aliphatic rings. The van der Waals surface area contributed by atoms with E-state index in [2.05, 4.69) is 11.9 Å². The molecule has 1 rings (SSSR count). The average molecular weight is 247 g/mol. The monoisotopic (exact) mass is 247 g/mol. The number of alkyl carbamates (subject to hydrolysis) is 1. The lowest BCUT2D eigenvalue weighted by atomic mass is 10.00. The van der Waals surface area contributed by atoms with E-state index in [1.807, 2.05) is 6.07 Å². The number of allylic oxidation sites excluding steroid dienone is 1. The third kappa shape index (κ3) is 3.73. The highest BCUT2D eigenvalue weighted by molar-refractivity contribution is 6.08. The first-order valence-corrected chi connectivity index (χ1v) is 5.75. The summed E-state index contributed by atoms with van der Waals surface area (Å²) < 4.78 is 4.76. The number of carbonyl (C=O) groups excluding carboxylic acids is 2.